The van der Waals surface area contributed by atoms with E-state index >= 15 is 0 Å². The third kappa shape index (κ3) is 5.20. The summed E-state index contributed by atoms with van der Waals surface area (Å²) in [5.74, 6) is 0. The monoisotopic (exact) mass is 401 g/mol. The Morgan fingerprint density at radius 2 is 1.64 bits per heavy atom. The fraction of sp³-hybridized carbons (Fsp3) is 0.632. The van der Waals surface area contributed by atoms with Crippen molar-refractivity contribution in [2.24, 2.45) is 0 Å². The van der Waals surface area contributed by atoms with Crippen molar-refractivity contribution in [3.05, 3.63) is 29.3 Å². The Morgan fingerprint density at radius 1 is 1.11 bits per heavy atom. The molecule has 1 fully saturated rings. The first-order valence-electron chi connectivity index (χ1n) is 9.04. The highest BCUT2D eigenvalue weighted by atomic mass is 19.4. The van der Waals surface area contributed by atoms with Crippen molar-refractivity contribution in [2.45, 2.75) is 78.0 Å². The van der Waals surface area contributed by atoms with Crippen LogP contribution in [0.25, 0.3) is 0 Å². The highest BCUT2D eigenvalue weighted by molar-refractivity contribution is 6.62. The molecule has 0 unspecified atom stereocenters. The molecular weight excluding hydrogens is 374 g/mol. The van der Waals surface area contributed by atoms with Crippen molar-refractivity contribution in [1.82, 2.24) is 5.32 Å². The van der Waals surface area contributed by atoms with Crippen LogP contribution < -0.4 is 10.8 Å². The summed E-state index contributed by atoms with van der Waals surface area (Å²) in [7, 11) is -0.984. The Balaban J connectivity index is 2.32. The average molecular weight is 401 g/mol. The quantitative estimate of drug-likeness (QED) is 0.778. The molecule has 1 aliphatic rings. The van der Waals surface area contributed by atoms with Gasteiger partial charge in [-0.05, 0) is 71.6 Å². The molecule has 1 aromatic rings. The van der Waals surface area contributed by atoms with E-state index < -0.39 is 41.8 Å². The molecule has 0 saturated carbocycles. The number of halogens is 3. The number of carbonyl (C=O) groups excluding carboxylic acids is 1. The molecule has 0 radical (unpaired) electrons. The Labute approximate surface area is 164 Å². The molecule has 1 heterocycles. The van der Waals surface area contributed by atoms with Crippen LogP contribution in [0.15, 0.2) is 18.2 Å². The minimum absolute atomic E-state index is 0.0214. The fourth-order valence-corrected chi connectivity index (χ4v) is 2.60. The topological polar surface area (TPSA) is 56.8 Å². The SMILES string of the molecule is CC(C)(C)OC(=O)NCc1ccc(C(F)(F)F)cc1B1OC(C)(C)C(C)(C)O1. The molecule has 0 aliphatic carbocycles. The molecule has 0 bridgehead atoms. The second-order valence-corrected chi connectivity index (χ2v) is 8.86. The van der Waals surface area contributed by atoms with Crippen molar-refractivity contribution in [3.63, 3.8) is 0 Å². The van der Waals surface area contributed by atoms with Crippen molar-refractivity contribution in [3.8, 4) is 0 Å². The van der Waals surface area contributed by atoms with Gasteiger partial charge >= 0.3 is 19.4 Å². The van der Waals surface area contributed by atoms with Crippen LogP contribution in [0, 0.1) is 0 Å². The zero-order valence-corrected chi connectivity index (χ0v) is 17.3. The van der Waals surface area contributed by atoms with E-state index in [1.807, 2.05) is 27.7 Å². The third-order valence-corrected chi connectivity index (χ3v) is 4.80. The Bertz CT molecular complexity index is 726. The summed E-state index contributed by atoms with van der Waals surface area (Å²) in [4.78, 5) is 11.9. The first kappa shape index (κ1) is 22.6. The van der Waals surface area contributed by atoms with Crippen molar-refractivity contribution in [1.29, 1.82) is 0 Å². The lowest BCUT2D eigenvalue weighted by atomic mass is 9.75. The van der Waals surface area contributed by atoms with E-state index in [1.165, 1.54) is 6.07 Å². The summed E-state index contributed by atoms with van der Waals surface area (Å²) in [6, 6.07) is 3.30. The number of alkyl halides is 3. The summed E-state index contributed by atoms with van der Waals surface area (Å²) >= 11 is 0. The van der Waals surface area contributed by atoms with E-state index in [0.717, 1.165) is 12.1 Å². The van der Waals surface area contributed by atoms with Gasteiger partial charge in [0.15, 0.2) is 0 Å². The van der Waals surface area contributed by atoms with E-state index in [9.17, 15) is 18.0 Å². The smallest absolute Gasteiger partial charge is 0.444 e. The number of benzene rings is 1. The summed E-state index contributed by atoms with van der Waals surface area (Å²) in [5, 5.41) is 2.57. The maximum atomic E-state index is 13.2. The first-order valence-corrected chi connectivity index (χ1v) is 9.04. The number of nitrogens with one attached hydrogen (secondary N) is 1. The maximum absolute atomic E-state index is 13.2. The Morgan fingerprint density at radius 3 is 2.11 bits per heavy atom. The van der Waals surface area contributed by atoms with Crippen molar-refractivity contribution < 1.29 is 32.0 Å². The number of amides is 1. The molecule has 1 aliphatic heterocycles. The van der Waals surface area contributed by atoms with E-state index in [4.69, 9.17) is 14.0 Å². The number of carbonyl (C=O) groups is 1. The number of rotatable bonds is 3. The van der Waals surface area contributed by atoms with Gasteiger partial charge in [0.2, 0.25) is 0 Å². The van der Waals surface area contributed by atoms with Gasteiger partial charge in [-0.1, -0.05) is 6.07 Å². The average Bonchev–Trinajstić information content (AvgIpc) is 2.70. The summed E-state index contributed by atoms with van der Waals surface area (Å²) < 4.78 is 56.7. The fourth-order valence-electron chi connectivity index (χ4n) is 2.60. The molecule has 0 atom stereocenters. The first-order chi connectivity index (χ1) is 12.5. The zero-order chi connectivity index (χ0) is 21.5. The molecule has 0 aromatic heterocycles. The number of hydrogen-bond donors (Lipinski definition) is 1. The second kappa shape index (κ2) is 7.26. The predicted molar refractivity (Wildman–Crippen MR) is 100 cm³/mol. The maximum Gasteiger partial charge on any atom is 0.495 e. The van der Waals surface area contributed by atoms with Gasteiger partial charge < -0.3 is 19.4 Å². The second-order valence-electron chi connectivity index (χ2n) is 8.86. The van der Waals surface area contributed by atoms with Gasteiger partial charge in [0.1, 0.15) is 5.60 Å². The molecule has 5 nitrogen and oxygen atoms in total. The number of ether oxygens (including phenoxy) is 1. The van der Waals surface area contributed by atoms with Gasteiger partial charge in [-0.15, -0.1) is 0 Å². The predicted octanol–water partition coefficient (Wildman–Crippen LogP) is 4.03. The summed E-state index contributed by atoms with van der Waals surface area (Å²) in [6.07, 6.45) is -5.16. The lowest BCUT2D eigenvalue weighted by Crippen LogP contribution is -2.41. The van der Waals surface area contributed by atoms with E-state index in [1.54, 1.807) is 20.8 Å². The van der Waals surface area contributed by atoms with Crippen molar-refractivity contribution in [2.75, 3.05) is 0 Å². The minimum atomic E-state index is -4.50. The highest BCUT2D eigenvalue weighted by Crippen LogP contribution is 2.37. The van der Waals surface area contributed by atoms with Gasteiger partial charge in [-0.3, -0.25) is 0 Å². The standard InChI is InChI=1S/C19H27BF3NO4/c1-16(2,3)26-15(25)24-11-12-8-9-13(19(21,22)23)10-14(12)20-27-17(4,5)18(6,7)28-20/h8-10H,11H2,1-7H3,(H,24,25). The van der Waals surface area contributed by atoms with Gasteiger partial charge in [0.25, 0.3) is 0 Å². The lowest BCUT2D eigenvalue weighted by molar-refractivity contribution is -0.137. The van der Waals surface area contributed by atoms with Crippen LogP contribution in [-0.2, 0) is 26.8 Å². The normalized spacial score (nSPS) is 18.9. The molecule has 156 valence electrons. The molecule has 0 spiro atoms. The third-order valence-electron chi connectivity index (χ3n) is 4.80. The van der Waals surface area contributed by atoms with Gasteiger partial charge in [-0.2, -0.15) is 13.2 Å². The van der Waals surface area contributed by atoms with Crippen LogP contribution in [0.4, 0.5) is 18.0 Å². The highest BCUT2D eigenvalue weighted by Gasteiger charge is 2.52. The largest absolute Gasteiger partial charge is 0.495 e. The Kier molecular flexibility index (Phi) is 5.85. The number of hydrogen-bond acceptors (Lipinski definition) is 4. The minimum Gasteiger partial charge on any atom is -0.444 e. The molecule has 1 saturated heterocycles. The molecule has 2 rings (SSSR count). The van der Waals surface area contributed by atoms with Crippen LogP contribution in [0.3, 0.4) is 0 Å². The summed E-state index contributed by atoms with van der Waals surface area (Å²) in [5.41, 5.74) is -2.22. The molecule has 1 amide bonds. The molecule has 1 aromatic carbocycles. The van der Waals surface area contributed by atoms with Crippen molar-refractivity contribution >= 4 is 18.7 Å². The van der Waals surface area contributed by atoms with Gasteiger partial charge in [0.05, 0.1) is 16.8 Å². The van der Waals surface area contributed by atoms with Crippen LogP contribution in [0.5, 0.6) is 0 Å². The van der Waals surface area contributed by atoms with E-state index in [0.29, 0.717) is 5.56 Å². The van der Waals surface area contributed by atoms with Gasteiger partial charge in [0, 0.05) is 6.54 Å². The van der Waals surface area contributed by atoms with Crippen LogP contribution in [-0.4, -0.2) is 30.0 Å². The molecule has 28 heavy (non-hydrogen) atoms. The van der Waals surface area contributed by atoms with E-state index in [2.05, 4.69) is 5.32 Å². The van der Waals surface area contributed by atoms with Crippen LogP contribution in [0.1, 0.15) is 59.6 Å². The summed E-state index contributed by atoms with van der Waals surface area (Å²) in [6.45, 7) is 12.4. The van der Waals surface area contributed by atoms with Crippen LogP contribution >= 0.6 is 0 Å². The Hall–Kier alpha value is -1.74. The molecular formula is C19H27BF3NO4. The van der Waals surface area contributed by atoms with Crippen LogP contribution in [0.2, 0.25) is 0 Å². The number of alkyl carbamates (subject to hydrolysis) is 1. The van der Waals surface area contributed by atoms with Gasteiger partial charge in [-0.25, -0.2) is 4.79 Å². The zero-order valence-electron chi connectivity index (χ0n) is 17.3. The molecule has 1 N–H and O–H groups in total. The van der Waals surface area contributed by atoms with E-state index in [-0.39, 0.29) is 12.0 Å². The molecule has 9 heteroatoms. The lowest BCUT2D eigenvalue weighted by Gasteiger charge is -2.32.